The fourth-order valence-electron chi connectivity index (χ4n) is 7.20. The lowest BCUT2D eigenvalue weighted by Gasteiger charge is -2.31. The summed E-state index contributed by atoms with van der Waals surface area (Å²) in [6, 6.07) is 69.8. The summed E-state index contributed by atoms with van der Waals surface area (Å²) in [6.45, 7) is 4.29. The highest BCUT2D eigenvalue weighted by atomic mass is 79.9. The van der Waals surface area contributed by atoms with Crippen molar-refractivity contribution in [2.45, 2.75) is 13.8 Å². The van der Waals surface area contributed by atoms with Gasteiger partial charge in [-0.1, -0.05) is 135 Å². The maximum absolute atomic E-state index is 3.67. The molecule has 0 aromatic heterocycles. The van der Waals surface area contributed by atoms with E-state index >= 15 is 0 Å². The molecular formula is C50H38Br2N2. The second-order valence-corrected chi connectivity index (χ2v) is 15.3. The number of nitrogens with zero attached hydrogens (tertiary/aromatic N) is 2. The first-order valence-corrected chi connectivity index (χ1v) is 19.6. The molecule has 0 saturated heterocycles. The Morgan fingerprint density at radius 1 is 0.333 bits per heavy atom. The normalized spacial score (nSPS) is 11.0. The summed E-state index contributed by atoms with van der Waals surface area (Å²) in [7, 11) is 0. The van der Waals surface area contributed by atoms with Crippen LogP contribution in [0.1, 0.15) is 11.1 Å². The zero-order chi connectivity index (χ0) is 37.0. The van der Waals surface area contributed by atoms with Crippen LogP contribution < -0.4 is 9.80 Å². The predicted octanol–water partition coefficient (Wildman–Crippen LogP) is 15.8. The van der Waals surface area contributed by atoms with Crippen LogP contribution in [0.3, 0.4) is 0 Å². The van der Waals surface area contributed by atoms with Crippen molar-refractivity contribution in [1.82, 2.24) is 0 Å². The molecule has 8 aromatic rings. The minimum atomic E-state index is 1.04. The van der Waals surface area contributed by atoms with E-state index in [0.29, 0.717) is 0 Å². The van der Waals surface area contributed by atoms with Crippen molar-refractivity contribution in [2.24, 2.45) is 0 Å². The smallest absolute Gasteiger partial charge is 0.0546 e. The van der Waals surface area contributed by atoms with Crippen molar-refractivity contribution in [3.8, 4) is 33.4 Å². The molecule has 0 radical (unpaired) electrons. The molecule has 8 rings (SSSR count). The van der Waals surface area contributed by atoms with Gasteiger partial charge in [0.15, 0.2) is 0 Å². The van der Waals surface area contributed by atoms with Crippen molar-refractivity contribution in [3.05, 3.63) is 214 Å². The lowest BCUT2D eigenvalue weighted by Crippen LogP contribution is -2.12. The van der Waals surface area contributed by atoms with E-state index in [-0.39, 0.29) is 0 Å². The van der Waals surface area contributed by atoms with Crippen LogP contribution in [0.4, 0.5) is 34.1 Å². The van der Waals surface area contributed by atoms with Gasteiger partial charge in [-0.25, -0.2) is 0 Å². The molecule has 262 valence electrons. The SMILES string of the molecule is Cc1cccc(N(c2ccc(Br)cc2)c2ccc(-c3ccc(N(c4ccc(Br)cc4)c4cccc(C)c4)c(-c4ccccc4)c3-c3ccccc3)cc2)c1. The van der Waals surface area contributed by atoms with E-state index in [9.17, 15) is 0 Å². The molecule has 0 heterocycles. The molecule has 0 saturated carbocycles. The minimum Gasteiger partial charge on any atom is -0.310 e. The number of anilines is 6. The molecule has 2 nitrogen and oxygen atoms in total. The molecule has 0 aliphatic rings. The van der Waals surface area contributed by atoms with E-state index in [1.165, 1.54) is 27.8 Å². The summed E-state index contributed by atoms with van der Waals surface area (Å²) >= 11 is 7.30. The van der Waals surface area contributed by atoms with Gasteiger partial charge in [0, 0.05) is 42.9 Å². The van der Waals surface area contributed by atoms with E-state index in [0.717, 1.165) is 59.8 Å². The monoisotopic (exact) mass is 824 g/mol. The number of aryl methyl sites for hydroxylation is 2. The van der Waals surface area contributed by atoms with Crippen LogP contribution in [-0.4, -0.2) is 0 Å². The maximum Gasteiger partial charge on any atom is 0.0546 e. The molecule has 0 amide bonds. The Labute approximate surface area is 335 Å². The van der Waals surface area contributed by atoms with Gasteiger partial charge < -0.3 is 9.80 Å². The average molecular weight is 827 g/mol. The van der Waals surface area contributed by atoms with Crippen molar-refractivity contribution in [2.75, 3.05) is 9.80 Å². The van der Waals surface area contributed by atoms with Gasteiger partial charge in [0.25, 0.3) is 0 Å². The molecule has 0 aliphatic carbocycles. The van der Waals surface area contributed by atoms with Crippen molar-refractivity contribution < 1.29 is 0 Å². The van der Waals surface area contributed by atoms with Crippen molar-refractivity contribution >= 4 is 66.0 Å². The fourth-order valence-corrected chi connectivity index (χ4v) is 7.73. The summed E-state index contributed by atoms with van der Waals surface area (Å²) in [6.07, 6.45) is 0. The largest absolute Gasteiger partial charge is 0.310 e. The van der Waals surface area contributed by atoms with Gasteiger partial charge in [-0.05, 0) is 144 Å². The Balaban J connectivity index is 1.35. The maximum atomic E-state index is 3.67. The number of benzene rings is 8. The summed E-state index contributed by atoms with van der Waals surface area (Å²) in [5, 5.41) is 0. The van der Waals surface area contributed by atoms with Crippen LogP contribution in [0, 0.1) is 13.8 Å². The second-order valence-electron chi connectivity index (χ2n) is 13.5. The molecule has 54 heavy (non-hydrogen) atoms. The molecule has 0 unspecified atom stereocenters. The minimum absolute atomic E-state index is 1.04. The Hall–Kier alpha value is -5.68. The van der Waals surface area contributed by atoms with Crippen molar-refractivity contribution in [1.29, 1.82) is 0 Å². The highest BCUT2D eigenvalue weighted by Gasteiger charge is 2.24. The number of rotatable bonds is 9. The molecular weight excluding hydrogens is 788 g/mol. The van der Waals surface area contributed by atoms with Gasteiger partial charge in [0.2, 0.25) is 0 Å². The quantitative estimate of drug-likeness (QED) is 0.143. The molecule has 0 spiro atoms. The van der Waals surface area contributed by atoms with E-state index in [1.54, 1.807) is 0 Å². The third kappa shape index (κ3) is 7.41. The highest BCUT2D eigenvalue weighted by molar-refractivity contribution is 9.10. The molecule has 4 heteroatoms. The molecule has 0 atom stereocenters. The summed E-state index contributed by atoms with van der Waals surface area (Å²) < 4.78 is 2.10. The van der Waals surface area contributed by atoms with Crippen molar-refractivity contribution in [3.63, 3.8) is 0 Å². The Morgan fingerprint density at radius 3 is 1.28 bits per heavy atom. The highest BCUT2D eigenvalue weighted by Crippen LogP contribution is 2.49. The first kappa shape index (κ1) is 35.4. The molecule has 0 fully saturated rings. The molecule has 8 aromatic carbocycles. The molecule has 0 bridgehead atoms. The van der Waals surface area contributed by atoms with E-state index < -0.39 is 0 Å². The van der Waals surface area contributed by atoms with Gasteiger partial charge in [0.1, 0.15) is 0 Å². The van der Waals surface area contributed by atoms with E-state index in [2.05, 4.69) is 250 Å². The third-order valence-corrected chi connectivity index (χ3v) is 10.7. The molecule has 0 aliphatic heterocycles. The lowest BCUT2D eigenvalue weighted by atomic mass is 9.86. The number of halogens is 2. The van der Waals surface area contributed by atoms with Gasteiger partial charge >= 0.3 is 0 Å². The second kappa shape index (κ2) is 15.7. The third-order valence-electron chi connectivity index (χ3n) is 9.68. The van der Waals surface area contributed by atoms with Gasteiger partial charge in [-0.15, -0.1) is 0 Å². The van der Waals surface area contributed by atoms with Gasteiger partial charge in [-0.3, -0.25) is 0 Å². The summed E-state index contributed by atoms with van der Waals surface area (Å²) in [4.78, 5) is 4.71. The van der Waals surface area contributed by atoms with E-state index in [4.69, 9.17) is 0 Å². The lowest BCUT2D eigenvalue weighted by molar-refractivity contribution is 1.27. The zero-order valence-electron chi connectivity index (χ0n) is 30.1. The summed E-state index contributed by atoms with van der Waals surface area (Å²) in [5.41, 5.74) is 16.0. The van der Waals surface area contributed by atoms with Crippen LogP contribution in [0.25, 0.3) is 33.4 Å². The van der Waals surface area contributed by atoms with Crippen LogP contribution >= 0.6 is 31.9 Å². The van der Waals surface area contributed by atoms with Crippen LogP contribution in [0.2, 0.25) is 0 Å². The van der Waals surface area contributed by atoms with Crippen LogP contribution in [0.5, 0.6) is 0 Å². The number of hydrogen-bond donors (Lipinski definition) is 0. The fraction of sp³-hybridized carbons (Fsp3) is 0.0400. The average Bonchev–Trinajstić information content (AvgIpc) is 3.20. The van der Waals surface area contributed by atoms with Gasteiger partial charge in [-0.2, -0.15) is 0 Å². The first-order chi connectivity index (χ1) is 26.4. The predicted molar refractivity (Wildman–Crippen MR) is 237 cm³/mol. The Kier molecular flexibility index (Phi) is 10.3. The van der Waals surface area contributed by atoms with E-state index in [1.807, 2.05) is 0 Å². The Morgan fingerprint density at radius 2 is 0.778 bits per heavy atom. The Bertz CT molecular complexity index is 2510. The first-order valence-electron chi connectivity index (χ1n) is 18.1. The zero-order valence-corrected chi connectivity index (χ0v) is 33.3. The molecule has 0 N–H and O–H groups in total. The summed E-state index contributed by atoms with van der Waals surface area (Å²) in [5.74, 6) is 0. The van der Waals surface area contributed by atoms with Gasteiger partial charge in [0.05, 0.1) is 5.69 Å². The topological polar surface area (TPSA) is 6.48 Å². The van der Waals surface area contributed by atoms with Crippen LogP contribution in [0.15, 0.2) is 203 Å². The van der Waals surface area contributed by atoms with Crippen LogP contribution in [-0.2, 0) is 0 Å². The number of hydrogen-bond acceptors (Lipinski definition) is 2. The standard InChI is InChI=1S/C50H38Br2N2/c1-35-11-9-17-45(33-35)53(43-27-21-40(51)22-28-43)42-25-19-37(20-26-42)47-31-32-48(50(39-15-7-4-8-16-39)49(47)38-13-5-3-6-14-38)54(44-29-23-41(52)24-30-44)46-18-10-12-36(2)34-46/h3-34H,1-2H3.